The van der Waals surface area contributed by atoms with Crippen molar-refractivity contribution in [3.8, 4) is 0 Å². The SMILES string of the molecule is Cc1ccc(C)c(S(=O)(=O)N[C@H](C)c2ccc(N3CCOCC3)cc2)c1. The molecular formula is C20H26N2O3S. The lowest BCUT2D eigenvalue weighted by Crippen LogP contribution is -2.36. The third-order valence-electron chi connectivity index (χ3n) is 4.73. The van der Waals surface area contributed by atoms with Gasteiger partial charge in [0.15, 0.2) is 0 Å². The molecule has 0 aromatic heterocycles. The Balaban J connectivity index is 1.74. The van der Waals surface area contributed by atoms with Crippen molar-refractivity contribution in [1.82, 2.24) is 4.72 Å². The maximum absolute atomic E-state index is 12.8. The molecular weight excluding hydrogens is 348 g/mol. The standard InChI is InChI=1S/C20H26N2O3S/c1-15-4-5-16(2)20(14-15)26(23,24)21-17(3)18-6-8-19(9-7-18)22-10-12-25-13-11-22/h4-9,14,17,21H,10-13H2,1-3H3/t17-/m1/s1. The van der Waals surface area contributed by atoms with Crippen LogP contribution in [0.4, 0.5) is 5.69 Å². The monoisotopic (exact) mass is 374 g/mol. The fraction of sp³-hybridized carbons (Fsp3) is 0.400. The maximum Gasteiger partial charge on any atom is 0.241 e. The van der Waals surface area contributed by atoms with Crippen LogP contribution in [-0.2, 0) is 14.8 Å². The van der Waals surface area contributed by atoms with Crippen molar-refractivity contribution in [3.63, 3.8) is 0 Å². The summed E-state index contributed by atoms with van der Waals surface area (Å²) in [6.45, 7) is 8.83. The summed E-state index contributed by atoms with van der Waals surface area (Å²) < 4.78 is 33.7. The average Bonchev–Trinajstić information content (AvgIpc) is 2.64. The molecule has 0 amide bonds. The van der Waals surface area contributed by atoms with Crippen LogP contribution in [0.1, 0.15) is 29.7 Å². The zero-order valence-electron chi connectivity index (χ0n) is 15.5. The Morgan fingerprint density at radius 1 is 1.04 bits per heavy atom. The summed E-state index contributed by atoms with van der Waals surface area (Å²) in [6.07, 6.45) is 0. The number of morpholine rings is 1. The molecule has 0 unspecified atom stereocenters. The highest BCUT2D eigenvalue weighted by Gasteiger charge is 2.21. The minimum absolute atomic E-state index is 0.307. The summed E-state index contributed by atoms with van der Waals surface area (Å²) >= 11 is 0. The third kappa shape index (κ3) is 4.26. The highest BCUT2D eigenvalue weighted by Crippen LogP contribution is 2.23. The number of rotatable bonds is 5. The minimum Gasteiger partial charge on any atom is -0.378 e. The number of ether oxygens (including phenoxy) is 1. The summed E-state index contributed by atoms with van der Waals surface area (Å²) in [6, 6.07) is 13.2. The molecule has 1 heterocycles. The van der Waals surface area contributed by atoms with E-state index in [-0.39, 0.29) is 6.04 Å². The van der Waals surface area contributed by atoms with Crippen LogP contribution < -0.4 is 9.62 Å². The van der Waals surface area contributed by atoms with Crippen LogP contribution in [0.5, 0.6) is 0 Å². The minimum atomic E-state index is -3.57. The largest absolute Gasteiger partial charge is 0.378 e. The smallest absolute Gasteiger partial charge is 0.241 e. The molecule has 3 rings (SSSR count). The highest BCUT2D eigenvalue weighted by molar-refractivity contribution is 7.89. The number of nitrogens with one attached hydrogen (secondary N) is 1. The first-order valence-corrected chi connectivity index (χ1v) is 10.4. The molecule has 2 aromatic carbocycles. The number of anilines is 1. The Hall–Kier alpha value is -1.89. The van der Waals surface area contributed by atoms with Crippen LogP contribution in [0.25, 0.3) is 0 Å². The van der Waals surface area contributed by atoms with E-state index >= 15 is 0 Å². The van der Waals surface area contributed by atoms with Gasteiger partial charge in [-0.05, 0) is 55.7 Å². The van der Waals surface area contributed by atoms with E-state index in [1.807, 2.05) is 57.2 Å². The third-order valence-corrected chi connectivity index (χ3v) is 6.42. The van der Waals surface area contributed by atoms with E-state index in [2.05, 4.69) is 9.62 Å². The van der Waals surface area contributed by atoms with Gasteiger partial charge in [0, 0.05) is 24.8 Å². The predicted octanol–water partition coefficient (Wildman–Crippen LogP) is 3.18. The Morgan fingerprint density at radius 2 is 1.69 bits per heavy atom. The van der Waals surface area contributed by atoms with Gasteiger partial charge in [-0.25, -0.2) is 13.1 Å². The van der Waals surface area contributed by atoms with E-state index in [0.29, 0.717) is 4.90 Å². The van der Waals surface area contributed by atoms with Crippen LogP contribution in [0.2, 0.25) is 0 Å². The predicted molar refractivity (Wildman–Crippen MR) is 104 cm³/mol. The molecule has 0 radical (unpaired) electrons. The topological polar surface area (TPSA) is 58.6 Å². The molecule has 0 bridgehead atoms. The lowest BCUT2D eigenvalue weighted by molar-refractivity contribution is 0.122. The molecule has 1 atom stereocenters. The molecule has 1 N–H and O–H groups in total. The number of sulfonamides is 1. The fourth-order valence-electron chi connectivity index (χ4n) is 3.16. The molecule has 1 fully saturated rings. The van der Waals surface area contributed by atoms with Gasteiger partial charge in [0.25, 0.3) is 0 Å². The van der Waals surface area contributed by atoms with Gasteiger partial charge in [0.1, 0.15) is 0 Å². The molecule has 140 valence electrons. The van der Waals surface area contributed by atoms with Gasteiger partial charge in [0.05, 0.1) is 18.1 Å². The van der Waals surface area contributed by atoms with Crippen molar-refractivity contribution in [3.05, 3.63) is 59.2 Å². The lowest BCUT2D eigenvalue weighted by atomic mass is 10.1. The van der Waals surface area contributed by atoms with Crippen molar-refractivity contribution in [2.24, 2.45) is 0 Å². The molecule has 1 aliphatic heterocycles. The van der Waals surface area contributed by atoms with E-state index < -0.39 is 10.0 Å². The van der Waals surface area contributed by atoms with Gasteiger partial charge in [-0.2, -0.15) is 0 Å². The Kier molecular flexibility index (Phi) is 5.65. The molecule has 26 heavy (non-hydrogen) atoms. The Labute approximate surface area is 156 Å². The molecule has 0 spiro atoms. The zero-order valence-corrected chi connectivity index (χ0v) is 16.3. The van der Waals surface area contributed by atoms with Crippen molar-refractivity contribution < 1.29 is 13.2 Å². The summed E-state index contributed by atoms with van der Waals surface area (Å²) in [7, 11) is -3.57. The van der Waals surface area contributed by atoms with E-state index in [4.69, 9.17) is 4.74 Å². The second kappa shape index (κ2) is 7.78. The van der Waals surface area contributed by atoms with Gasteiger partial charge in [-0.1, -0.05) is 24.3 Å². The summed E-state index contributed by atoms with van der Waals surface area (Å²) in [5.74, 6) is 0. The van der Waals surface area contributed by atoms with Crippen molar-refractivity contribution in [2.75, 3.05) is 31.2 Å². The van der Waals surface area contributed by atoms with Gasteiger partial charge >= 0.3 is 0 Å². The Bertz CT molecular complexity index is 857. The maximum atomic E-state index is 12.8. The normalized spacial score (nSPS) is 16.5. The van der Waals surface area contributed by atoms with Crippen LogP contribution in [0, 0.1) is 13.8 Å². The van der Waals surface area contributed by atoms with E-state index in [1.54, 1.807) is 6.07 Å². The number of nitrogens with zero attached hydrogens (tertiary/aromatic N) is 1. The van der Waals surface area contributed by atoms with Crippen LogP contribution >= 0.6 is 0 Å². The van der Waals surface area contributed by atoms with Crippen LogP contribution in [0.3, 0.4) is 0 Å². The van der Waals surface area contributed by atoms with Gasteiger partial charge < -0.3 is 9.64 Å². The van der Waals surface area contributed by atoms with Gasteiger partial charge in [-0.15, -0.1) is 0 Å². The highest BCUT2D eigenvalue weighted by atomic mass is 32.2. The number of benzene rings is 2. The average molecular weight is 375 g/mol. The van der Waals surface area contributed by atoms with Crippen molar-refractivity contribution in [1.29, 1.82) is 0 Å². The molecule has 6 heteroatoms. The van der Waals surface area contributed by atoms with E-state index in [1.165, 1.54) is 0 Å². The van der Waals surface area contributed by atoms with Crippen LogP contribution in [0.15, 0.2) is 47.4 Å². The second-order valence-corrected chi connectivity index (χ2v) is 8.49. The summed E-state index contributed by atoms with van der Waals surface area (Å²) in [4.78, 5) is 2.62. The van der Waals surface area contributed by atoms with E-state index in [0.717, 1.165) is 48.7 Å². The second-order valence-electron chi connectivity index (χ2n) is 6.80. The number of hydrogen-bond acceptors (Lipinski definition) is 4. The van der Waals surface area contributed by atoms with Gasteiger partial charge in [0.2, 0.25) is 10.0 Å². The van der Waals surface area contributed by atoms with E-state index in [9.17, 15) is 8.42 Å². The Morgan fingerprint density at radius 3 is 2.35 bits per heavy atom. The molecule has 0 aliphatic carbocycles. The first-order valence-electron chi connectivity index (χ1n) is 8.89. The quantitative estimate of drug-likeness (QED) is 0.873. The molecule has 5 nitrogen and oxygen atoms in total. The molecule has 1 aliphatic rings. The summed E-state index contributed by atoms with van der Waals surface area (Å²) in [5.41, 5.74) is 3.76. The lowest BCUT2D eigenvalue weighted by Gasteiger charge is -2.29. The number of aryl methyl sites for hydroxylation is 2. The van der Waals surface area contributed by atoms with Crippen molar-refractivity contribution >= 4 is 15.7 Å². The number of hydrogen-bond donors (Lipinski definition) is 1. The summed E-state index contributed by atoms with van der Waals surface area (Å²) in [5, 5.41) is 0. The first-order chi connectivity index (χ1) is 12.4. The first kappa shape index (κ1) is 18.9. The zero-order chi connectivity index (χ0) is 18.7. The molecule has 2 aromatic rings. The fourth-order valence-corrected chi connectivity index (χ4v) is 4.72. The van der Waals surface area contributed by atoms with Gasteiger partial charge in [-0.3, -0.25) is 0 Å². The van der Waals surface area contributed by atoms with Crippen LogP contribution in [-0.4, -0.2) is 34.7 Å². The van der Waals surface area contributed by atoms with Crippen molar-refractivity contribution in [2.45, 2.75) is 31.7 Å². The molecule has 0 saturated carbocycles. The molecule has 1 saturated heterocycles.